The Morgan fingerprint density at radius 3 is 0.902 bits per heavy atom. The van der Waals surface area contributed by atoms with Crippen molar-refractivity contribution in [3.8, 4) is 0 Å². The number of pyridine rings is 1. The summed E-state index contributed by atoms with van der Waals surface area (Å²) in [6.07, 6.45) is -53.9. The van der Waals surface area contributed by atoms with Crippen LogP contribution in [0.2, 0.25) is 0 Å². The second kappa shape index (κ2) is 22.2. The molecule has 0 N–H and O–H groups in total. The number of nitrogens with zero attached hydrogens (tertiary/aromatic N) is 1. The van der Waals surface area contributed by atoms with Gasteiger partial charge in [-0.15, -0.1) is 0 Å². The van der Waals surface area contributed by atoms with E-state index in [1.807, 2.05) is 0 Å². The van der Waals surface area contributed by atoms with Crippen LogP contribution in [0.4, 0.5) is 105 Å². The molecule has 1 aromatic heterocycles. The van der Waals surface area contributed by atoms with E-state index in [2.05, 4.69) is 111 Å². The molecular formula is C55H31BBrF24N. The highest BCUT2D eigenvalue weighted by atomic mass is 79.9. The molecule has 82 heavy (non-hydrogen) atoms. The molecule has 1 nitrogen and oxygen atoms in total. The third-order valence-corrected chi connectivity index (χ3v) is 13.5. The number of benzene rings is 7. The molecule has 0 fully saturated rings. The molecular weight excluding hydrogens is 1220 g/mol. The number of fused-ring (bicyclic) bond motifs is 1. The summed E-state index contributed by atoms with van der Waals surface area (Å²) in [6, 6.07) is 23.5. The van der Waals surface area contributed by atoms with Crippen LogP contribution in [0, 0.1) is 0 Å². The molecule has 0 amide bonds. The summed E-state index contributed by atoms with van der Waals surface area (Å²) >= 11 is 3.52. The zero-order chi connectivity index (χ0) is 61.0. The van der Waals surface area contributed by atoms with Crippen molar-refractivity contribution in [2.24, 2.45) is 0 Å². The highest BCUT2D eigenvalue weighted by molar-refractivity contribution is 9.10. The van der Waals surface area contributed by atoms with Crippen molar-refractivity contribution in [2.45, 2.75) is 62.4 Å². The first-order valence-electron chi connectivity index (χ1n) is 23.1. The molecule has 0 aliphatic carbocycles. The quantitative estimate of drug-likeness (QED) is 0.0811. The van der Waals surface area contributed by atoms with Crippen LogP contribution < -0.4 is 26.4 Å². The largest absolute Gasteiger partial charge is 0.416 e. The number of rotatable bonds is 8. The zero-order valence-corrected chi connectivity index (χ0v) is 42.1. The van der Waals surface area contributed by atoms with Crippen molar-refractivity contribution in [1.29, 1.82) is 0 Å². The van der Waals surface area contributed by atoms with Gasteiger partial charge in [0, 0.05) is 27.6 Å². The maximum atomic E-state index is 14.2. The van der Waals surface area contributed by atoms with Crippen LogP contribution in [-0.4, -0.2) is 6.15 Å². The van der Waals surface area contributed by atoms with Crippen LogP contribution in [0.5, 0.6) is 0 Å². The SMILES string of the molecule is Brc1ccc(Cc2ccc3ccccc3[n+]2Cc2ccccc2)cc1.FC(F)(F)c1cc([B-](c2cc(C(F)(F)F)cc(C(F)(F)F)c2)(c2cc(C(F)(F)F)cc(C(F)(F)F)c2)c2cc(C(F)(F)F)cc(C(F)(F)F)c2)cc(C(F)(F)F)c1. The standard InChI is InChI=1S/C32H12BF24.C23H19BrN/c34-25(35,36)13-1-14(26(37,38)39)6-21(5-13)33(22-7-15(27(40,41)42)2-16(8-22)28(43,44)45,23-9-17(29(46,47)48)3-18(10-23)30(49,50)51)24-11-19(31(52,53)54)4-20(12-24)32(55,56)57;24-21-13-10-18(11-14-21)16-22-15-12-20-8-4-5-9-23(20)25(22)17-19-6-2-1-3-7-19/h1-12H;1-15H,16-17H2/q-1;+1. The molecule has 0 unspecified atom stereocenters. The van der Waals surface area contributed by atoms with Gasteiger partial charge in [-0.3, -0.25) is 0 Å². The van der Waals surface area contributed by atoms with Crippen LogP contribution in [0.1, 0.15) is 61.3 Å². The second-order valence-electron chi connectivity index (χ2n) is 18.5. The lowest BCUT2D eigenvalue weighted by Gasteiger charge is -2.46. The third kappa shape index (κ3) is 14.2. The van der Waals surface area contributed by atoms with Gasteiger partial charge in [-0.05, 0) is 54.1 Å². The van der Waals surface area contributed by atoms with Gasteiger partial charge in [0.15, 0.2) is 12.2 Å². The molecule has 8 rings (SSSR count). The molecule has 0 saturated heterocycles. The van der Waals surface area contributed by atoms with Crippen molar-refractivity contribution in [2.75, 3.05) is 0 Å². The monoisotopic (exact) mass is 1250 g/mol. The Hall–Kier alpha value is -7.19. The average Bonchev–Trinajstić information content (AvgIpc) is 3.37. The van der Waals surface area contributed by atoms with Crippen LogP contribution in [-0.2, 0) is 62.4 Å². The van der Waals surface area contributed by atoms with E-state index in [1.54, 1.807) is 0 Å². The number of hydrogen-bond donors (Lipinski definition) is 0. The second-order valence-corrected chi connectivity index (χ2v) is 19.4. The van der Waals surface area contributed by atoms with Crippen molar-refractivity contribution >= 4 is 54.8 Å². The predicted molar refractivity (Wildman–Crippen MR) is 257 cm³/mol. The minimum atomic E-state index is -6.13. The van der Waals surface area contributed by atoms with Gasteiger partial charge in [-0.1, -0.05) is 119 Å². The molecule has 8 aromatic rings. The summed E-state index contributed by atoms with van der Waals surface area (Å²) in [5.74, 6) is 0. The van der Waals surface area contributed by atoms with Crippen molar-refractivity contribution < 1.29 is 110 Å². The minimum Gasteiger partial charge on any atom is -0.194 e. The van der Waals surface area contributed by atoms with Crippen molar-refractivity contribution in [3.05, 3.63) is 230 Å². The predicted octanol–water partition coefficient (Wildman–Crippen LogP) is 16.7. The summed E-state index contributed by atoms with van der Waals surface area (Å²) in [6.45, 7) is 0.883. The zero-order valence-electron chi connectivity index (χ0n) is 40.5. The van der Waals surface area contributed by atoms with E-state index >= 15 is 0 Å². The van der Waals surface area contributed by atoms with E-state index in [-0.39, 0.29) is 0 Å². The Morgan fingerprint density at radius 2 is 0.598 bits per heavy atom. The van der Waals surface area contributed by atoms with Gasteiger partial charge in [-0.25, -0.2) is 0 Å². The van der Waals surface area contributed by atoms with Crippen LogP contribution in [0.15, 0.2) is 168 Å². The molecule has 434 valence electrons. The first-order valence-corrected chi connectivity index (χ1v) is 23.9. The van der Waals surface area contributed by atoms with Crippen LogP contribution in [0.25, 0.3) is 10.9 Å². The Bertz CT molecular complexity index is 3150. The number of para-hydroxylation sites is 1. The number of halogens is 25. The maximum Gasteiger partial charge on any atom is 0.416 e. The number of alkyl halides is 24. The highest BCUT2D eigenvalue weighted by Crippen LogP contribution is 2.41. The first-order chi connectivity index (χ1) is 37.6. The Kier molecular flexibility index (Phi) is 16.9. The normalized spacial score (nSPS) is 13.3. The van der Waals surface area contributed by atoms with Gasteiger partial charge in [0.1, 0.15) is 6.15 Å². The molecule has 0 saturated carbocycles. The maximum absolute atomic E-state index is 14.2. The van der Waals surface area contributed by atoms with E-state index in [9.17, 15) is 105 Å². The molecule has 0 aliphatic heterocycles. The Morgan fingerprint density at radius 1 is 0.305 bits per heavy atom. The summed E-state index contributed by atoms with van der Waals surface area (Å²) < 4.78 is 344. The lowest BCUT2D eigenvalue weighted by Crippen LogP contribution is -2.75. The van der Waals surface area contributed by atoms with Gasteiger partial charge in [0.05, 0.1) is 50.9 Å². The topological polar surface area (TPSA) is 3.88 Å². The molecule has 0 radical (unpaired) electrons. The fraction of sp³-hybridized carbons (Fsp3) is 0.182. The molecule has 0 bridgehead atoms. The van der Waals surface area contributed by atoms with Crippen LogP contribution in [0.3, 0.4) is 0 Å². The van der Waals surface area contributed by atoms with Gasteiger partial charge in [0.2, 0.25) is 5.52 Å². The highest BCUT2D eigenvalue weighted by Gasteiger charge is 2.47. The van der Waals surface area contributed by atoms with Gasteiger partial charge >= 0.3 is 49.4 Å². The van der Waals surface area contributed by atoms with Gasteiger partial charge in [0.25, 0.3) is 0 Å². The minimum absolute atomic E-state index is 0.691. The fourth-order valence-electron chi connectivity index (χ4n) is 9.29. The molecule has 0 aliphatic rings. The van der Waals surface area contributed by atoms with E-state index in [0.29, 0.717) is 0 Å². The smallest absolute Gasteiger partial charge is 0.194 e. The molecule has 27 heteroatoms. The fourth-order valence-corrected chi connectivity index (χ4v) is 9.56. The van der Waals surface area contributed by atoms with Gasteiger partial charge < -0.3 is 0 Å². The summed E-state index contributed by atoms with van der Waals surface area (Å²) in [5.41, 5.74) is -25.0. The van der Waals surface area contributed by atoms with E-state index in [1.165, 1.54) is 27.7 Å². The van der Waals surface area contributed by atoms with Gasteiger partial charge in [-0.2, -0.15) is 132 Å². The molecule has 1 heterocycles. The Labute approximate surface area is 455 Å². The molecule has 0 atom stereocenters. The van der Waals surface area contributed by atoms with Crippen LogP contribution >= 0.6 is 15.9 Å². The molecule has 7 aromatic carbocycles. The average molecular weight is 1250 g/mol. The third-order valence-electron chi connectivity index (χ3n) is 13.0. The lowest BCUT2D eigenvalue weighted by molar-refractivity contribution is -0.669. The number of aromatic nitrogens is 1. The summed E-state index contributed by atoms with van der Waals surface area (Å²) in [4.78, 5) is 0. The van der Waals surface area contributed by atoms with E-state index in [0.717, 1.165) is 17.4 Å². The van der Waals surface area contributed by atoms with Crippen molar-refractivity contribution in [3.63, 3.8) is 0 Å². The van der Waals surface area contributed by atoms with Crippen molar-refractivity contribution in [1.82, 2.24) is 0 Å². The lowest BCUT2D eigenvalue weighted by atomic mass is 9.12. The number of hydrogen-bond acceptors (Lipinski definition) is 0. The summed E-state index contributed by atoms with van der Waals surface area (Å²) in [5, 5.41) is 1.28. The summed E-state index contributed by atoms with van der Waals surface area (Å²) in [7, 11) is 0. The van der Waals surface area contributed by atoms with E-state index in [4.69, 9.17) is 0 Å². The first kappa shape index (κ1) is 62.4. The Balaban J connectivity index is 0.000000318. The molecule has 0 spiro atoms. The van der Waals surface area contributed by atoms with E-state index < -0.39 is 195 Å².